The summed E-state index contributed by atoms with van der Waals surface area (Å²) in [6, 6.07) is 3.54. The van der Waals surface area contributed by atoms with Gasteiger partial charge in [0, 0.05) is 6.54 Å². The Kier molecular flexibility index (Phi) is 6.25. The molecule has 24 heavy (non-hydrogen) atoms. The van der Waals surface area contributed by atoms with Crippen LogP contribution in [0.5, 0.6) is 11.5 Å². The van der Waals surface area contributed by atoms with Crippen LogP contribution in [0, 0.1) is 0 Å². The fourth-order valence-corrected chi connectivity index (χ4v) is 4.00. The number of hydrogen-bond acceptors (Lipinski definition) is 6. The number of rotatable bonds is 6. The number of aliphatic carboxylic acids is 1. The van der Waals surface area contributed by atoms with Gasteiger partial charge in [-0.25, -0.2) is 0 Å². The molecule has 0 atom stereocenters. The third-order valence-corrected chi connectivity index (χ3v) is 5.14. The number of benzene rings is 1. The van der Waals surface area contributed by atoms with Crippen molar-refractivity contribution in [1.29, 1.82) is 0 Å². The Balaban J connectivity index is 2.29. The Morgan fingerprint density at radius 1 is 1.42 bits per heavy atom. The lowest BCUT2D eigenvalue weighted by Gasteiger charge is -2.12. The van der Waals surface area contributed by atoms with E-state index in [0.29, 0.717) is 25.2 Å². The SMILES string of the molecule is COc1cc(/C=C2/SC(=S)N(CCC(=O)O)C2=O)cc(Br)c1OC. The fraction of sp³-hybridized carbons (Fsp3) is 0.267. The van der Waals surface area contributed by atoms with Crippen LogP contribution in [0.15, 0.2) is 21.5 Å². The summed E-state index contributed by atoms with van der Waals surface area (Å²) in [6.45, 7) is 0.0625. The van der Waals surface area contributed by atoms with Gasteiger partial charge in [-0.05, 0) is 39.7 Å². The first kappa shape index (κ1) is 18.8. The van der Waals surface area contributed by atoms with Crippen LogP contribution in [0.3, 0.4) is 0 Å². The number of hydrogen-bond donors (Lipinski definition) is 1. The zero-order valence-electron chi connectivity index (χ0n) is 12.9. The van der Waals surface area contributed by atoms with E-state index in [0.717, 1.165) is 17.3 Å². The van der Waals surface area contributed by atoms with Gasteiger partial charge in [0.1, 0.15) is 4.32 Å². The lowest BCUT2D eigenvalue weighted by Crippen LogP contribution is -2.30. The average Bonchev–Trinajstić information content (AvgIpc) is 2.78. The largest absolute Gasteiger partial charge is 0.493 e. The Labute approximate surface area is 156 Å². The predicted octanol–water partition coefficient (Wildman–Crippen LogP) is 3.14. The van der Waals surface area contributed by atoms with Crippen LogP contribution >= 0.6 is 39.9 Å². The molecular weight excluding hydrogens is 418 g/mol. The van der Waals surface area contributed by atoms with Gasteiger partial charge in [0.2, 0.25) is 0 Å². The molecule has 1 heterocycles. The maximum atomic E-state index is 12.4. The fourth-order valence-electron chi connectivity index (χ4n) is 2.07. The summed E-state index contributed by atoms with van der Waals surface area (Å²) in [5, 5.41) is 8.75. The van der Waals surface area contributed by atoms with E-state index in [1.165, 1.54) is 19.1 Å². The maximum Gasteiger partial charge on any atom is 0.305 e. The number of carboxylic acids is 1. The zero-order chi connectivity index (χ0) is 17.9. The Morgan fingerprint density at radius 3 is 2.71 bits per heavy atom. The molecule has 1 aliphatic heterocycles. The molecule has 0 aliphatic carbocycles. The minimum Gasteiger partial charge on any atom is -0.493 e. The summed E-state index contributed by atoms with van der Waals surface area (Å²) in [5.41, 5.74) is 0.734. The molecule has 1 N–H and O–H groups in total. The molecule has 0 radical (unpaired) electrons. The van der Waals surface area contributed by atoms with E-state index >= 15 is 0 Å². The molecule has 0 bridgehead atoms. The second-order valence-corrected chi connectivity index (χ2v) is 7.25. The number of carbonyl (C=O) groups is 2. The summed E-state index contributed by atoms with van der Waals surface area (Å²) >= 11 is 9.70. The van der Waals surface area contributed by atoms with Crippen molar-refractivity contribution in [2.24, 2.45) is 0 Å². The third-order valence-electron chi connectivity index (χ3n) is 3.18. The molecule has 128 valence electrons. The van der Waals surface area contributed by atoms with Crippen LogP contribution in [0.4, 0.5) is 0 Å². The Hall–Kier alpha value is -1.58. The highest BCUT2D eigenvalue weighted by Gasteiger charge is 2.32. The first-order valence-corrected chi connectivity index (χ1v) is 8.77. The van der Waals surface area contributed by atoms with Gasteiger partial charge in [-0.15, -0.1) is 0 Å². The molecule has 0 unspecified atom stereocenters. The van der Waals surface area contributed by atoms with Crippen LogP contribution in [0.25, 0.3) is 6.08 Å². The third kappa shape index (κ3) is 4.08. The quantitative estimate of drug-likeness (QED) is 0.547. The first-order chi connectivity index (χ1) is 11.4. The van der Waals surface area contributed by atoms with E-state index in [1.807, 2.05) is 0 Å². The Bertz CT molecular complexity index is 735. The topological polar surface area (TPSA) is 76.1 Å². The molecular formula is C15H14BrNO5S2. The predicted molar refractivity (Wildman–Crippen MR) is 99.4 cm³/mol. The first-order valence-electron chi connectivity index (χ1n) is 6.76. The average molecular weight is 432 g/mol. The van der Waals surface area contributed by atoms with Crippen LogP contribution in [-0.4, -0.2) is 47.0 Å². The van der Waals surface area contributed by atoms with E-state index in [-0.39, 0.29) is 18.9 Å². The van der Waals surface area contributed by atoms with Crippen LogP contribution in [-0.2, 0) is 9.59 Å². The number of amides is 1. The van der Waals surface area contributed by atoms with E-state index in [4.69, 9.17) is 26.8 Å². The summed E-state index contributed by atoms with van der Waals surface area (Å²) in [6.07, 6.45) is 1.54. The standard InChI is InChI=1S/C15H14BrNO5S2/c1-21-10-6-8(5-9(16)13(10)22-2)7-11-14(20)17(15(23)24-11)4-3-12(18)19/h5-7H,3-4H2,1-2H3,(H,18,19)/b11-7+. The van der Waals surface area contributed by atoms with Gasteiger partial charge in [0.15, 0.2) is 11.5 Å². The van der Waals surface area contributed by atoms with Gasteiger partial charge in [0.25, 0.3) is 5.91 Å². The van der Waals surface area contributed by atoms with Gasteiger partial charge < -0.3 is 14.6 Å². The van der Waals surface area contributed by atoms with Gasteiger partial charge >= 0.3 is 5.97 Å². The number of carboxylic acid groups (broad SMARTS) is 1. The number of halogens is 1. The van der Waals surface area contributed by atoms with Crippen molar-refractivity contribution in [3.05, 3.63) is 27.1 Å². The lowest BCUT2D eigenvalue weighted by molar-refractivity contribution is -0.137. The van der Waals surface area contributed by atoms with Crippen molar-refractivity contribution in [1.82, 2.24) is 4.90 Å². The number of thiocarbonyl (C=S) groups is 1. The number of carbonyl (C=O) groups excluding carboxylic acids is 1. The highest BCUT2D eigenvalue weighted by molar-refractivity contribution is 9.10. The summed E-state index contributed by atoms with van der Waals surface area (Å²) in [7, 11) is 3.06. The van der Waals surface area contributed by atoms with Crippen molar-refractivity contribution in [3.63, 3.8) is 0 Å². The number of methoxy groups -OCH3 is 2. The number of ether oxygens (including phenoxy) is 2. The molecule has 1 saturated heterocycles. The highest BCUT2D eigenvalue weighted by atomic mass is 79.9. The van der Waals surface area contributed by atoms with Gasteiger partial charge in [-0.1, -0.05) is 24.0 Å². The molecule has 0 spiro atoms. The smallest absolute Gasteiger partial charge is 0.305 e. The van der Waals surface area contributed by atoms with Crippen LogP contribution in [0.1, 0.15) is 12.0 Å². The molecule has 1 fully saturated rings. The van der Waals surface area contributed by atoms with Gasteiger partial charge in [0.05, 0.1) is 30.0 Å². The molecule has 1 aromatic carbocycles. The second kappa shape index (κ2) is 8.00. The minimum absolute atomic E-state index is 0.0625. The zero-order valence-corrected chi connectivity index (χ0v) is 16.1. The second-order valence-electron chi connectivity index (χ2n) is 4.72. The molecule has 0 saturated carbocycles. The number of thioether (sulfide) groups is 1. The normalized spacial score (nSPS) is 16.0. The van der Waals surface area contributed by atoms with Crippen molar-refractivity contribution in [3.8, 4) is 11.5 Å². The molecule has 6 nitrogen and oxygen atoms in total. The Morgan fingerprint density at radius 2 is 2.12 bits per heavy atom. The van der Waals surface area contributed by atoms with Crippen molar-refractivity contribution in [2.45, 2.75) is 6.42 Å². The van der Waals surface area contributed by atoms with E-state index in [9.17, 15) is 9.59 Å². The van der Waals surface area contributed by atoms with E-state index in [2.05, 4.69) is 15.9 Å². The summed E-state index contributed by atoms with van der Waals surface area (Å²) < 4.78 is 11.6. The summed E-state index contributed by atoms with van der Waals surface area (Å²) in [5.74, 6) is -0.183. The molecule has 0 aromatic heterocycles. The maximum absolute atomic E-state index is 12.4. The molecule has 9 heteroatoms. The minimum atomic E-state index is -0.975. The van der Waals surface area contributed by atoms with Crippen LogP contribution in [0.2, 0.25) is 0 Å². The van der Waals surface area contributed by atoms with Gasteiger partial charge in [-0.2, -0.15) is 0 Å². The van der Waals surface area contributed by atoms with Crippen LogP contribution < -0.4 is 9.47 Å². The monoisotopic (exact) mass is 431 g/mol. The van der Waals surface area contributed by atoms with E-state index < -0.39 is 5.97 Å². The van der Waals surface area contributed by atoms with Gasteiger partial charge in [-0.3, -0.25) is 14.5 Å². The van der Waals surface area contributed by atoms with Crippen molar-refractivity contribution >= 4 is 62.2 Å². The van der Waals surface area contributed by atoms with Crippen molar-refractivity contribution < 1.29 is 24.2 Å². The highest BCUT2D eigenvalue weighted by Crippen LogP contribution is 2.38. The van der Waals surface area contributed by atoms with Crippen molar-refractivity contribution in [2.75, 3.05) is 20.8 Å². The lowest BCUT2D eigenvalue weighted by atomic mass is 10.2. The number of nitrogens with zero attached hydrogens (tertiary/aromatic N) is 1. The molecule has 1 aromatic rings. The summed E-state index contributed by atoms with van der Waals surface area (Å²) in [4.78, 5) is 24.8. The molecule has 1 aliphatic rings. The molecule has 1 amide bonds. The molecule has 2 rings (SSSR count). The van der Waals surface area contributed by atoms with E-state index in [1.54, 1.807) is 18.2 Å².